The Morgan fingerprint density at radius 3 is 2.24 bits per heavy atom. The molecule has 9 heteroatoms. The van der Waals surface area contributed by atoms with Crippen LogP contribution in [0.2, 0.25) is 5.02 Å². The Balaban J connectivity index is 2.58. The third kappa shape index (κ3) is 9.94. The van der Waals surface area contributed by atoms with Gasteiger partial charge in [0.2, 0.25) is 11.8 Å². The molecule has 0 aliphatic rings. The van der Waals surface area contributed by atoms with Gasteiger partial charge in [-0.1, -0.05) is 23.7 Å². The van der Waals surface area contributed by atoms with Crippen LogP contribution in [0.15, 0.2) is 24.3 Å². The molecule has 1 atom stereocenters. The van der Waals surface area contributed by atoms with E-state index in [1.165, 1.54) is 18.9 Å². The number of nitrogens with one attached hydrogen (secondary N) is 2. The second-order valence-electron chi connectivity index (χ2n) is 7.72. The highest BCUT2D eigenvalue weighted by molar-refractivity contribution is 6.30. The van der Waals surface area contributed by atoms with Crippen LogP contribution in [0.1, 0.15) is 45.7 Å². The molecular formula is C20H28ClN3O5. The number of likely N-dealkylation sites (N-methyl/N-ethyl adjacent to an activating group) is 1. The second kappa shape index (κ2) is 10.8. The van der Waals surface area contributed by atoms with E-state index in [1.807, 2.05) is 20.8 Å². The van der Waals surface area contributed by atoms with Crippen LogP contribution >= 0.6 is 11.6 Å². The van der Waals surface area contributed by atoms with Crippen molar-refractivity contribution in [1.82, 2.24) is 15.5 Å². The number of hydrogen-bond donors (Lipinski definition) is 2. The van der Waals surface area contributed by atoms with Crippen LogP contribution in [0.3, 0.4) is 0 Å². The lowest BCUT2D eigenvalue weighted by molar-refractivity contribution is -0.152. The van der Waals surface area contributed by atoms with Crippen molar-refractivity contribution in [1.29, 1.82) is 0 Å². The number of carbonyl (C=O) groups is 4. The van der Waals surface area contributed by atoms with E-state index in [0.29, 0.717) is 10.6 Å². The third-order valence-corrected chi connectivity index (χ3v) is 3.95. The Bertz CT molecular complexity index is 743. The van der Waals surface area contributed by atoms with E-state index in [9.17, 15) is 19.2 Å². The van der Waals surface area contributed by atoms with Crippen molar-refractivity contribution < 1.29 is 23.9 Å². The number of halogens is 1. The Hall–Kier alpha value is -2.61. The van der Waals surface area contributed by atoms with Gasteiger partial charge in [0.15, 0.2) is 6.61 Å². The average molecular weight is 426 g/mol. The lowest BCUT2D eigenvalue weighted by Gasteiger charge is -2.23. The molecule has 1 rings (SSSR count). The van der Waals surface area contributed by atoms with E-state index in [0.717, 1.165) is 0 Å². The van der Waals surface area contributed by atoms with Crippen LogP contribution in [-0.2, 0) is 23.9 Å². The number of esters is 1. The number of nitrogens with zero attached hydrogens (tertiary/aromatic N) is 1. The molecule has 0 radical (unpaired) electrons. The van der Waals surface area contributed by atoms with Gasteiger partial charge in [0.1, 0.15) is 0 Å². The fourth-order valence-corrected chi connectivity index (χ4v) is 2.56. The molecule has 3 amide bonds. The Morgan fingerprint density at radius 1 is 1.14 bits per heavy atom. The van der Waals surface area contributed by atoms with Gasteiger partial charge in [0, 0.05) is 24.5 Å². The summed E-state index contributed by atoms with van der Waals surface area (Å²) in [6, 6.07) is 6.09. The van der Waals surface area contributed by atoms with Gasteiger partial charge >= 0.3 is 5.97 Å². The molecule has 29 heavy (non-hydrogen) atoms. The molecule has 160 valence electrons. The molecule has 0 aliphatic heterocycles. The van der Waals surface area contributed by atoms with Gasteiger partial charge in [-0.2, -0.15) is 0 Å². The Kier molecular flexibility index (Phi) is 9.10. The Morgan fingerprint density at radius 2 is 1.72 bits per heavy atom. The van der Waals surface area contributed by atoms with Crippen LogP contribution in [-0.4, -0.2) is 54.3 Å². The first-order valence-electron chi connectivity index (χ1n) is 9.10. The normalized spacial score (nSPS) is 11.9. The van der Waals surface area contributed by atoms with Crippen molar-refractivity contribution in [2.45, 2.75) is 45.7 Å². The zero-order valence-corrected chi connectivity index (χ0v) is 18.1. The number of benzene rings is 1. The zero-order chi connectivity index (χ0) is 22.2. The first-order chi connectivity index (χ1) is 13.4. The molecule has 8 nitrogen and oxygen atoms in total. The van der Waals surface area contributed by atoms with Crippen LogP contribution in [0.4, 0.5) is 0 Å². The maximum atomic E-state index is 12.2. The summed E-state index contributed by atoms with van der Waals surface area (Å²) in [6.45, 7) is 6.20. The molecular weight excluding hydrogens is 398 g/mol. The minimum Gasteiger partial charge on any atom is -0.455 e. The highest BCUT2D eigenvalue weighted by Gasteiger charge is 2.21. The quantitative estimate of drug-likeness (QED) is 0.618. The van der Waals surface area contributed by atoms with Crippen LogP contribution in [0, 0.1) is 0 Å². The summed E-state index contributed by atoms with van der Waals surface area (Å²) in [6.07, 6.45) is -0.150. The van der Waals surface area contributed by atoms with E-state index in [-0.39, 0.29) is 24.8 Å². The molecule has 0 spiro atoms. The molecule has 0 saturated carbocycles. The van der Waals surface area contributed by atoms with E-state index < -0.39 is 30.1 Å². The molecule has 0 bridgehead atoms. The summed E-state index contributed by atoms with van der Waals surface area (Å²) in [5.74, 6) is -1.78. The number of ether oxygens (including phenoxy) is 1. The van der Waals surface area contributed by atoms with Crippen molar-refractivity contribution >= 4 is 35.3 Å². The molecule has 1 aromatic carbocycles. The van der Waals surface area contributed by atoms with Gasteiger partial charge in [-0.3, -0.25) is 19.2 Å². The minimum atomic E-state index is -0.653. The maximum Gasteiger partial charge on any atom is 0.308 e. The van der Waals surface area contributed by atoms with E-state index >= 15 is 0 Å². The highest BCUT2D eigenvalue weighted by atomic mass is 35.5. The molecule has 0 aliphatic carbocycles. The Labute approximate surface area is 175 Å². The number of amides is 3. The van der Waals surface area contributed by atoms with Crippen molar-refractivity contribution in [3.8, 4) is 0 Å². The third-order valence-electron chi connectivity index (χ3n) is 3.70. The predicted octanol–water partition coefficient (Wildman–Crippen LogP) is 1.82. The summed E-state index contributed by atoms with van der Waals surface area (Å²) in [4.78, 5) is 48.8. The van der Waals surface area contributed by atoms with Crippen LogP contribution < -0.4 is 10.6 Å². The molecule has 1 unspecified atom stereocenters. The topological polar surface area (TPSA) is 105 Å². The number of hydrogen-bond acceptors (Lipinski definition) is 5. The predicted molar refractivity (Wildman–Crippen MR) is 109 cm³/mol. The molecule has 0 saturated heterocycles. The second-order valence-corrected chi connectivity index (χ2v) is 8.15. The van der Waals surface area contributed by atoms with Crippen molar-refractivity contribution in [3.63, 3.8) is 0 Å². The average Bonchev–Trinajstić information content (AvgIpc) is 2.57. The van der Waals surface area contributed by atoms with Crippen LogP contribution in [0.5, 0.6) is 0 Å². The standard InChI is InChI=1S/C20H28ClN3O5/c1-13(25)22-16(14-6-8-15(21)9-7-14)10-19(28)29-12-18(27)24(5)11-17(26)23-20(2,3)4/h6-9,16H,10-12H2,1-5H3,(H,22,25)(H,23,26). The summed E-state index contributed by atoms with van der Waals surface area (Å²) in [5, 5.41) is 5.95. The molecule has 0 fully saturated rings. The van der Waals surface area contributed by atoms with Crippen molar-refractivity contribution in [3.05, 3.63) is 34.9 Å². The van der Waals surface area contributed by atoms with Gasteiger partial charge < -0.3 is 20.3 Å². The lowest BCUT2D eigenvalue weighted by Crippen LogP contribution is -2.47. The fourth-order valence-electron chi connectivity index (χ4n) is 2.43. The van der Waals surface area contributed by atoms with E-state index in [2.05, 4.69) is 10.6 Å². The first-order valence-corrected chi connectivity index (χ1v) is 9.48. The van der Waals surface area contributed by atoms with E-state index in [4.69, 9.17) is 16.3 Å². The summed E-state index contributed by atoms with van der Waals surface area (Å²) in [7, 11) is 1.45. The lowest BCUT2D eigenvalue weighted by atomic mass is 10.0. The zero-order valence-electron chi connectivity index (χ0n) is 17.4. The summed E-state index contributed by atoms with van der Waals surface area (Å²) >= 11 is 5.86. The fraction of sp³-hybridized carbons (Fsp3) is 0.500. The first kappa shape index (κ1) is 24.4. The molecule has 1 aromatic rings. The van der Waals surface area contributed by atoms with Crippen molar-refractivity contribution in [2.75, 3.05) is 20.2 Å². The summed E-state index contributed by atoms with van der Waals surface area (Å²) < 4.78 is 5.03. The molecule has 0 heterocycles. The smallest absolute Gasteiger partial charge is 0.308 e. The minimum absolute atomic E-state index is 0.146. The van der Waals surface area contributed by atoms with E-state index in [1.54, 1.807) is 24.3 Å². The van der Waals surface area contributed by atoms with Gasteiger partial charge in [-0.25, -0.2) is 0 Å². The van der Waals surface area contributed by atoms with Gasteiger partial charge in [0.25, 0.3) is 5.91 Å². The highest BCUT2D eigenvalue weighted by Crippen LogP contribution is 2.20. The van der Waals surface area contributed by atoms with Gasteiger partial charge in [-0.05, 0) is 38.5 Å². The number of carbonyl (C=O) groups excluding carboxylic acids is 4. The SMILES string of the molecule is CC(=O)NC(CC(=O)OCC(=O)N(C)CC(=O)NC(C)(C)C)c1ccc(Cl)cc1. The summed E-state index contributed by atoms with van der Waals surface area (Å²) in [5.41, 5.74) is 0.275. The molecule has 0 aromatic heterocycles. The largest absolute Gasteiger partial charge is 0.455 e. The molecule has 2 N–H and O–H groups in total. The monoisotopic (exact) mass is 425 g/mol. The van der Waals surface area contributed by atoms with Crippen molar-refractivity contribution in [2.24, 2.45) is 0 Å². The van der Waals surface area contributed by atoms with Crippen LogP contribution in [0.25, 0.3) is 0 Å². The maximum absolute atomic E-state index is 12.2. The van der Waals surface area contributed by atoms with Gasteiger partial charge in [0.05, 0.1) is 19.0 Å². The van der Waals surface area contributed by atoms with Gasteiger partial charge in [-0.15, -0.1) is 0 Å². The number of rotatable bonds is 8.